The van der Waals surface area contributed by atoms with E-state index in [0.29, 0.717) is 46.9 Å². The van der Waals surface area contributed by atoms with E-state index in [1.165, 1.54) is 17.5 Å². The van der Waals surface area contributed by atoms with Crippen molar-refractivity contribution in [1.82, 2.24) is 19.8 Å². The molecule has 0 radical (unpaired) electrons. The topological polar surface area (TPSA) is 85.2 Å². The monoisotopic (exact) mass is 376 g/mol. The molecule has 1 saturated heterocycles. The fourth-order valence-electron chi connectivity index (χ4n) is 2.55. The second-order valence-electron chi connectivity index (χ2n) is 5.74. The van der Waals surface area contributed by atoms with Crippen LogP contribution in [0.1, 0.15) is 16.9 Å². The molecule has 3 rings (SSSR count). The molecular formula is C16H17ClN6OS. The van der Waals surface area contributed by atoms with Gasteiger partial charge < -0.3 is 10.2 Å². The number of rotatable bonds is 4. The zero-order valence-corrected chi connectivity index (χ0v) is 15.3. The van der Waals surface area contributed by atoms with E-state index in [0.717, 1.165) is 12.1 Å². The number of likely N-dealkylation sites (N-methyl/N-ethyl adjacent to an activating group) is 1. The predicted octanol–water partition coefficient (Wildman–Crippen LogP) is 2.47. The molecule has 9 heteroatoms. The number of nitrogens with one attached hydrogen (secondary N) is 1. The summed E-state index contributed by atoms with van der Waals surface area (Å²) in [6.07, 6.45) is 3.72. The van der Waals surface area contributed by atoms with E-state index < -0.39 is 0 Å². The van der Waals surface area contributed by atoms with Gasteiger partial charge in [0, 0.05) is 45.8 Å². The average Bonchev–Trinajstić information content (AvgIpc) is 3.01. The van der Waals surface area contributed by atoms with Crippen molar-refractivity contribution in [2.24, 2.45) is 0 Å². The smallest absolute Gasteiger partial charge is 0.223 e. The van der Waals surface area contributed by atoms with E-state index in [9.17, 15) is 4.79 Å². The molecule has 0 atom stereocenters. The molecule has 1 fully saturated rings. The molecule has 1 N–H and O–H groups in total. The molecule has 0 aliphatic carbocycles. The van der Waals surface area contributed by atoms with Gasteiger partial charge in [-0.15, -0.1) is 0 Å². The summed E-state index contributed by atoms with van der Waals surface area (Å²) in [5.74, 6) is 0.684. The highest BCUT2D eigenvalue weighted by Crippen LogP contribution is 2.29. The molecule has 2 aromatic heterocycles. The number of hydrogen-bond acceptors (Lipinski definition) is 7. The number of halogens is 1. The van der Waals surface area contributed by atoms with E-state index in [4.69, 9.17) is 16.9 Å². The van der Waals surface area contributed by atoms with Crippen LogP contribution in [0.2, 0.25) is 5.02 Å². The van der Waals surface area contributed by atoms with Gasteiger partial charge in [0.25, 0.3) is 0 Å². The highest BCUT2D eigenvalue weighted by atomic mass is 35.5. The Labute approximate surface area is 154 Å². The molecule has 130 valence electrons. The molecular weight excluding hydrogens is 360 g/mol. The Morgan fingerprint density at radius 1 is 1.40 bits per heavy atom. The standard InChI is InChI=1S/C16H17ClN6OS/c1-22-6-7-23(5-3-13(22)24)10-11-2-4-19-15(14(11)17)21-16-20-9-12(8-18)25-16/h2,4,9H,3,5-7,10H2,1H3,(H,19,20,21). The molecule has 2 aromatic rings. The van der Waals surface area contributed by atoms with Gasteiger partial charge in [0.2, 0.25) is 5.91 Å². The lowest BCUT2D eigenvalue weighted by atomic mass is 10.2. The first-order chi connectivity index (χ1) is 12.1. The molecule has 7 nitrogen and oxygen atoms in total. The molecule has 3 heterocycles. The number of nitriles is 1. The number of carbonyl (C=O) groups is 1. The van der Waals surface area contributed by atoms with Crippen molar-refractivity contribution in [1.29, 1.82) is 5.26 Å². The van der Waals surface area contributed by atoms with Crippen molar-refractivity contribution in [3.05, 3.63) is 33.9 Å². The largest absolute Gasteiger partial charge is 0.344 e. The number of anilines is 2. The van der Waals surface area contributed by atoms with Crippen LogP contribution in [0, 0.1) is 11.3 Å². The maximum atomic E-state index is 11.8. The number of nitrogens with zero attached hydrogens (tertiary/aromatic N) is 5. The highest BCUT2D eigenvalue weighted by Gasteiger charge is 2.19. The lowest BCUT2D eigenvalue weighted by Crippen LogP contribution is -2.29. The Hall–Kier alpha value is -2.21. The number of pyridine rings is 1. The molecule has 0 aromatic carbocycles. The van der Waals surface area contributed by atoms with Crippen LogP contribution >= 0.6 is 22.9 Å². The Morgan fingerprint density at radius 2 is 2.24 bits per heavy atom. The van der Waals surface area contributed by atoms with Gasteiger partial charge in [-0.2, -0.15) is 5.26 Å². The molecule has 25 heavy (non-hydrogen) atoms. The maximum absolute atomic E-state index is 11.8. The predicted molar refractivity (Wildman–Crippen MR) is 96.9 cm³/mol. The van der Waals surface area contributed by atoms with Gasteiger partial charge in [-0.25, -0.2) is 9.97 Å². The summed E-state index contributed by atoms with van der Waals surface area (Å²) in [6.45, 7) is 2.88. The van der Waals surface area contributed by atoms with Crippen molar-refractivity contribution in [3.63, 3.8) is 0 Å². The van der Waals surface area contributed by atoms with Crippen LogP contribution in [0.25, 0.3) is 0 Å². The fraction of sp³-hybridized carbons (Fsp3) is 0.375. The van der Waals surface area contributed by atoms with E-state index in [1.54, 1.807) is 11.1 Å². The van der Waals surface area contributed by atoms with Crippen molar-refractivity contribution in [2.75, 3.05) is 32.0 Å². The van der Waals surface area contributed by atoms with E-state index in [2.05, 4.69) is 26.3 Å². The summed E-state index contributed by atoms with van der Waals surface area (Å²) >= 11 is 7.75. The third-order valence-corrected chi connectivity index (χ3v) is 5.26. The van der Waals surface area contributed by atoms with Gasteiger partial charge in [0.05, 0.1) is 11.2 Å². The van der Waals surface area contributed by atoms with E-state index in [-0.39, 0.29) is 5.91 Å². The minimum absolute atomic E-state index is 0.169. The Balaban J connectivity index is 1.72. The minimum atomic E-state index is 0.169. The van der Waals surface area contributed by atoms with Crippen molar-refractivity contribution in [2.45, 2.75) is 13.0 Å². The summed E-state index contributed by atoms with van der Waals surface area (Å²) in [4.78, 5) is 24.7. The van der Waals surface area contributed by atoms with Crippen LogP contribution in [-0.4, -0.2) is 52.4 Å². The fourth-order valence-corrected chi connectivity index (χ4v) is 3.38. The average molecular weight is 377 g/mol. The van der Waals surface area contributed by atoms with Crippen molar-refractivity contribution >= 4 is 39.8 Å². The van der Waals surface area contributed by atoms with Crippen LogP contribution in [-0.2, 0) is 11.3 Å². The van der Waals surface area contributed by atoms with Crippen LogP contribution < -0.4 is 5.32 Å². The van der Waals surface area contributed by atoms with Gasteiger partial charge in [0.1, 0.15) is 10.9 Å². The summed E-state index contributed by atoms with van der Waals surface area (Å²) in [7, 11) is 1.83. The molecule has 1 amide bonds. The Kier molecular flexibility index (Phi) is 5.48. The van der Waals surface area contributed by atoms with Crippen LogP contribution in [0.15, 0.2) is 18.5 Å². The van der Waals surface area contributed by atoms with E-state index in [1.807, 2.05) is 13.1 Å². The second kappa shape index (κ2) is 7.78. The number of amides is 1. The zero-order valence-electron chi connectivity index (χ0n) is 13.7. The molecule has 1 aliphatic heterocycles. The van der Waals surface area contributed by atoms with Gasteiger partial charge in [-0.3, -0.25) is 9.69 Å². The lowest BCUT2D eigenvalue weighted by Gasteiger charge is -2.21. The molecule has 0 saturated carbocycles. The third-order valence-electron chi connectivity index (χ3n) is 4.02. The molecule has 0 unspecified atom stereocenters. The van der Waals surface area contributed by atoms with Crippen molar-refractivity contribution < 1.29 is 4.79 Å². The highest BCUT2D eigenvalue weighted by molar-refractivity contribution is 7.16. The van der Waals surface area contributed by atoms with E-state index >= 15 is 0 Å². The molecule has 1 aliphatic rings. The first kappa shape index (κ1) is 17.6. The van der Waals surface area contributed by atoms with Crippen LogP contribution in [0.4, 0.5) is 10.9 Å². The maximum Gasteiger partial charge on any atom is 0.223 e. The number of aromatic nitrogens is 2. The number of hydrogen-bond donors (Lipinski definition) is 1. The summed E-state index contributed by atoms with van der Waals surface area (Å²) in [5, 5.41) is 13.0. The molecule has 0 spiro atoms. The minimum Gasteiger partial charge on any atom is -0.344 e. The van der Waals surface area contributed by atoms with Gasteiger partial charge >= 0.3 is 0 Å². The molecule has 0 bridgehead atoms. The van der Waals surface area contributed by atoms with Gasteiger partial charge in [0.15, 0.2) is 10.9 Å². The first-order valence-corrected chi connectivity index (χ1v) is 8.99. The first-order valence-electron chi connectivity index (χ1n) is 7.79. The summed E-state index contributed by atoms with van der Waals surface area (Å²) in [5.41, 5.74) is 0.938. The third kappa shape index (κ3) is 4.25. The number of thiazole rings is 1. The quantitative estimate of drug-likeness (QED) is 0.882. The normalized spacial score (nSPS) is 15.7. The van der Waals surface area contributed by atoms with Crippen molar-refractivity contribution in [3.8, 4) is 6.07 Å². The Morgan fingerprint density at radius 3 is 3.00 bits per heavy atom. The van der Waals surface area contributed by atoms with Gasteiger partial charge in [-0.1, -0.05) is 22.9 Å². The Bertz CT molecular complexity index is 817. The van der Waals surface area contributed by atoms with Crippen LogP contribution in [0.5, 0.6) is 0 Å². The SMILES string of the molecule is CN1CCN(Cc2ccnc(Nc3ncc(C#N)s3)c2Cl)CCC1=O. The second-order valence-corrected chi connectivity index (χ2v) is 7.15. The van der Waals surface area contributed by atoms with Crippen LogP contribution in [0.3, 0.4) is 0 Å². The van der Waals surface area contributed by atoms with Gasteiger partial charge in [-0.05, 0) is 11.6 Å². The number of carbonyl (C=O) groups excluding carboxylic acids is 1. The zero-order chi connectivity index (χ0) is 17.8. The lowest BCUT2D eigenvalue weighted by molar-refractivity contribution is -0.129. The summed E-state index contributed by atoms with van der Waals surface area (Å²) in [6, 6.07) is 3.93. The summed E-state index contributed by atoms with van der Waals surface area (Å²) < 4.78 is 0.